The molecule has 0 bridgehead atoms. The fourth-order valence-corrected chi connectivity index (χ4v) is 3.65. The molecule has 0 radical (unpaired) electrons. The van der Waals surface area contributed by atoms with Gasteiger partial charge in [-0.05, 0) is 29.5 Å². The fraction of sp³-hybridized carbons (Fsp3) is 0.0455. The van der Waals surface area contributed by atoms with E-state index in [1.54, 1.807) is 30.3 Å². The average molecular weight is 442 g/mol. The second-order valence-corrected chi connectivity index (χ2v) is 7.29. The van der Waals surface area contributed by atoms with Gasteiger partial charge in [0.25, 0.3) is 0 Å². The number of nitrogens with zero attached hydrogens (tertiary/aromatic N) is 4. The van der Waals surface area contributed by atoms with E-state index < -0.39 is 6.03 Å². The largest absolute Gasteiger partial charge is 0.507 e. The molecule has 0 aliphatic rings. The zero-order chi connectivity index (χ0) is 22.9. The van der Waals surface area contributed by atoms with Gasteiger partial charge in [0.2, 0.25) is 5.82 Å². The number of nitrogens with two attached hydrogens (primary N) is 1. The number of hydrogen-bond acceptors (Lipinski definition) is 7. The molecule has 3 aromatic carbocycles. The predicted octanol–water partition coefficient (Wildman–Crippen LogP) is 2.66. The molecule has 0 unspecified atom stereocenters. The average Bonchev–Trinajstić information content (AvgIpc) is 3.49. The molecule has 0 aliphatic heterocycles. The van der Waals surface area contributed by atoms with Gasteiger partial charge in [-0.3, -0.25) is 0 Å². The van der Waals surface area contributed by atoms with Crippen LogP contribution in [0.15, 0.2) is 54.6 Å². The van der Waals surface area contributed by atoms with Crippen molar-refractivity contribution in [2.24, 2.45) is 5.73 Å². The molecule has 5 rings (SSSR count). The summed E-state index contributed by atoms with van der Waals surface area (Å²) in [5.41, 5.74) is 8.74. The number of aromatic amines is 2. The Balaban J connectivity index is 1.71. The van der Waals surface area contributed by atoms with Gasteiger partial charge in [-0.15, -0.1) is 10.2 Å². The highest BCUT2D eigenvalue weighted by molar-refractivity contribution is 5.89. The smallest absolute Gasteiger partial charge is 0.312 e. The Bertz CT molecular complexity index is 1440. The zero-order valence-corrected chi connectivity index (χ0v) is 17.1. The molecule has 2 amide bonds. The van der Waals surface area contributed by atoms with Crippen LogP contribution >= 0.6 is 0 Å². The SMILES string of the molecule is NC(=O)NCc1cccc(-c2cc(-c3nn[nH]n3)cc(-c3nc4ccccc4[nH]3)c2O)c1O. The minimum absolute atomic E-state index is 0.0245. The number of para-hydroxylation sites is 3. The number of primary amides is 1. The molecule has 0 atom stereocenters. The maximum absolute atomic E-state index is 11.3. The Kier molecular flexibility index (Phi) is 4.83. The molecule has 0 fully saturated rings. The molecule has 164 valence electrons. The number of rotatable bonds is 5. The standard InChI is InChI=1S/C22H18N8O3/c23-22(33)24-10-11-4-3-5-13(18(11)31)14-8-12(20-27-29-30-28-20)9-15(19(14)32)21-25-16-6-1-2-7-17(16)26-21/h1-9,31-32H,10H2,(H,25,26)(H3,23,24,33)(H,27,28,29,30). The van der Waals surface area contributed by atoms with Crippen LogP contribution in [0.2, 0.25) is 0 Å². The Labute approximate surface area is 186 Å². The molecule has 11 nitrogen and oxygen atoms in total. The lowest BCUT2D eigenvalue weighted by molar-refractivity contribution is 0.248. The first-order valence-electron chi connectivity index (χ1n) is 9.91. The van der Waals surface area contributed by atoms with Crippen LogP contribution in [0.5, 0.6) is 11.5 Å². The number of phenols is 2. The fourth-order valence-electron chi connectivity index (χ4n) is 3.65. The van der Waals surface area contributed by atoms with Crippen LogP contribution in [-0.4, -0.2) is 46.8 Å². The maximum atomic E-state index is 11.3. The molecule has 0 spiro atoms. The minimum atomic E-state index is -0.714. The number of benzene rings is 3. The number of carbonyl (C=O) groups is 1. The molecule has 7 N–H and O–H groups in total. The number of hydrogen-bond donors (Lipinski definition) is 6. The first-order chi connectivity index (χ1) is 16.0. The molecule has 2 heterocycles. The van der Waals surface area contributed by atoms with E-state index >= 15 is 0 Å². The quantitative estimate of drug-likeness (QED) is 0.242. The summed E-state index contributed by atoms with van der Waals surface area (Å²) in [7, 11) is 0. The Morgan fingerprint density at radius 3 is 2.58 bits per heavy atom. The number of carbonyl (C=O) groups excluding carboxylic acids is 1. The number of aromatic hydroxyl groups is 2. The number of urea groups is 1. The lowest BCUT2D eigenvalue weighted by Gasteiger charge is -2.14. The van der Waals surface area contributed by atoms with Crippen molar-refractivity contribution >= 4 is 17.1 Å². The molecular formula is C22H18N8O3. The monoisotopic (exact) mass is 442 g/mol. The molecule has 33 heavy (non-hydrogen) atoms. The summed E-state index contributed by atoms with van der Waals surface area (Å²) in [5, 5.41) is 38.7. The maximum Gasteiger partial charge on any atom is 0.312 e. The van der Waals surface area contributed by atoms with E-state index in [9.17, 15) is 15.0 Å². The summed E-state index contributed by atoms with van der Waals surface area (Å²) in [6.07, 6.45) is 0. The number of aromatic nitrogens is 6. The Hall–Kier alpha value is -4.93. The van der Waals surface area contributed by atoms with E-state index in [4.69, 9.17) is 5.73 Å². The third-order valence-electron chi connectivity index (χ3n) is 5.22. The topological polar surface area (TPSA) is 179 Å². The molecule has 5 aromatic rings. The number of tetrazole rings is 1. The molecular weight excluding hydrogens is 424 g/mol. The van der Waals surface area contributed by atoms with Crippen molar-refractivity contribution in [3.63, 3.8) is 0 Å². The van der Waals surface area contributed by atoms with Gasteiger partial charge < -0.3 is 26.2 Å². The molecule has 0 saturated carbocycles. The van der Waals surface area contributed by atoms with Gasteiger partial charge in [-0.2, -0.15) is 5.21 Å². The second kappa shape index (κ2) is 7.96. The van der Waals surface area contributed by atoms with Crippen molar-refractivity contribution in [3.8, 4) is 45.4 Å². The summed E-state index contributed by atoms with van der Waals surface area (Å²) >= 11 is 0. The van der Waals surface area contributed by atoms with Crippen molar-refractivity contribution in [2.75, 3.05) is 0 Å². The number of H-pyrrole nitrogens is 2. The minimum Gasteiger partial charge on any atom is -0.507 e. The first-order valence-corrected chi connectivity index (χ1v) is 9.91. The van der Waals surface area contributed by atoms with Crippen LogP contribution in [0, 0.1) is 0 Å². The third kappa shape index (κ3) is 3.67. The number of nitrogens with one attached hydrogen (secondary N) is 3. The van der Waals surface area contributed by atoms with Crippen LogP contribution in [0.3, 0.4) is 0 Å². The van der Waals surface area contributed by atoms with Crippen LogP contribution < -0.4 is 11.1 Å². The van der Waals surface area contributed by atoms with E-state index in [1.165, 1.54) is 0 Å². The zero-order valence-electron chi connectivity index (χ0n) is 17.1. The van der Waals surface area contributed by atoms with Crippen LogP contribution in [0.25, 0.3) is 44.9 Å². The van der Waals surface area contributed by atoms with Crippen LogP contribution in [-0.2, 0) is 6.54 Å². The summed E-state index contributed by atoms with van der Waals surface area (Å²) < 4.78 is 0. The predicted molar refractivity (Wildman–Crippen MR) is 120 cm³/mol. The highest BCUT2D eigenvalue weighted by Gasteiger charge is 2.21. The summed E-state index contributed by atoms with van der Waals surface area (Å²) in [6, 6.07) is 15.1. The number of imidazole rings is 1. The number of fused-ring (bicyclic) bond motifs is 1. The highest BCUT2D eigenvalue weighted by Crippen LogP contribution is 2.44. The lowest BCUT2D eigenvalue weighted by atomic mass is 9.95. The van der Waals surface area contributed by atoms with Crippen molar-refractivity contribution in [2.45, 2.75) is 6.54 Å². The molecule has 0 saturated heterocycles. The van der Waals surface area contributed by atoms with E-state index in [2.05, 4.69) is 35.9 Å². The Morgan fingerprint density at radius 2 is 1.82 bits per heavy atom. The van der Waals surface area contributed by atoms with Gasteiger partial charge in [-0.1, -0.05) is 30.3 Å². The summed E-state index contributed by atoms with van der Waals surface area (Å²) in [5.74, 6) is 0.532. The van der Waals surface area contributed by atoms with E-state index in [0.29, 0.717) is 39.5 Å². The normalized spacial score (nSPS) is 11.0. The first kappa shape index (κ1) is 20.0. The van der Waals surface area contributed by atoms with Gasteiger partial charge >= 0.3 is 6.03 Å². The summed E-state index contributed by atoms with van der Waals surface area (Å²) in [6.45, 7) is 0.0245. The number of phenolic OH excluding ortho intramolecular Hbond substituents is 2. The van der Waals surface area contributed by atoms with Gasteiger partial charge in [0, 0.05) is 28.8 Å². The highest BCUT2D eigenvalue weighted by atomic mass is 16.3. The molecule has 11 heteroatoms. The second-order valence-electron chi connectivity index (χ2n) is 7.29. The van der Waals surface area contributed by atoms with Gasteiger partial charge in [-0.25, -0.2) is 9.78 Å². The van der Waals surface area contributed by atoms with Crippen molar-refractivity contribution < 1.29 is 15.0 Å². The van der Waals surface area contributed by atoms with Crippen LogP contribution in [0.1, 0.15) is 5.56 Å². The number of amides is 2. The molecule has 2 aromatic heterocycles. The van der Waals surface area contributed by atoms with Crippen molar-refractivity contribution in [1.82, 2.24) is 35.9 Å². The van der Waals surface area contributed by atoms with Crippen molar-refractivity contribution in [1.29, 1.82) is 0 Å². The summed E-state index contributed by atoms with van der Waals surface area (Å²) in [4.78, 5) is 18.9. The molecule has 0 aliphatic carbocycles. The van der Waals surface area contributed by atoms with E-state index in [0.717, 1.165) is 11.0 Å². The van der Waals surface area contributed by atoms with E-state index in [-0.39, 0.29) is 18.0 Å². The lowest BCUT2D eigenvalue weighted by Crippen LogP contribution is -2.28. The van der Waals surface area contributed by atoms with Gasteiger partial charge in [0.05, 0.1) is 16.6 Å². The Morgan fingerprint density at radius 1 is 1.00 bits per heavy atom. The van der Waals surface area contributed by atoms with E-state index in [1.807, 2.05) is 24.3 Å². The van der Waals surface area contributed by atoms with Gasteiger partial charge in [0.15, 0.2) is 0 Å². The third-order valence-corrected chi connectivity index (χ3v) is 5.22. The van der Waals surface area contributed by atoms with Gasteiger partial charge in [0.1, 0.15) is 17.3 Å². The van der Waals surface area contributed by atoms with Crippen LogP contribution in [0.4, 0.5) is 4.79 Å². The van der Waals surface area contributed by atoms with Crippen molar-refractivity contribution in [3.05, 3.63) is 60.2 Å².